The van der Waals surface area contributed by atoms with E-state index in [4.69, 9.17) is 5.11 Å². The Morgan fingerprint density at radius 1 is 1.50 bits per heavy atom. The molecule has 1 aliphatic rings. The highest BCUT2D eigenvalue weighted by Crippen LogP contribution is 2.19. The van der Waals surface area contributed by atoms with Crippen LogP contribution in [0, 0.1) is 0 Å². The van der Waals surface area contributed by atoms with Crippen molar-refractivity contribution in [3.8, 4) is 0 Å². The molecule has 0 saturated carbocycles. The standard InChI is InChI=1S/C12H24N2O2/c1-13-12(16)6-4-9-14-8-3-2-5-11(14)7-10-15/h11,15H,2-10H2,1H3,(H,13,16). The van der Waals surface area contributed by atoms with Gasteiger partial charge in [0.1, 0.15) is 0 Å². The minimum Gasteiger partial charge on any atom is -0.396 e. The lowest BCUT2D eigenvalue weighted by atomic mass is 9.99. The van der Waals surface area contributed by atoms with Gasteiger partial charge in [0.25, 0.3) is 0 Å². The molecule has 1 amide bonds. The second kappa shape index (κ2) is 7.63. The van der Waals surface area contributed by atoms with Gasteiger partial charge in [-0.25, -0.2) is 0 Å². The zero-order chi connectivity index (χ0) is 11.8. The molecule has 1 atom stereocenters. The fourth-order valence-electron chi connectivity index (χ4n) is 2.40. The normalized spacial score (nSPS) is 22.0. The number of carbonyl (C=O) groups is 1. The highest BCUT2D eigenvalue weighted by atomic mass is 16.3. The predicted molar refractivity (Wildman–Crippen MR) is 64.2 cm³/mol. The van der Waals surface area contributed by atoms with Crippen molar-refractivity contribution in [3.63, 3.8) is 0 Å². The molecular weight excluding hydrogens is 204 g/mol. The van der Waals surface area contributed by atoms with Crippen LogP contribution >= 0.6 is 0 Å². The Morgan fingerprint density at radius 3 is 3.00 bits per heavy atom. The predicted octanol–water partition coefficient (Wildman–Crippen LogP) is 0.749. The van der Waals surface area contributed by atoms with E-state index >= 15 is 0 Å². The molecule has 0 aromatic carbocycles. The molecule has 0 aliphatic carbocycles. The maximum Gasteiger partial charge on any atom is 0.219 e. The summed E-state index contributed by atoms with van der Waals surface area (Å²) in [5, 5.41) is 11.6. The van der Waals surface area contributed by atoms with Crippen LogP contribution in [-0.4, -0.2) is 48.7 Å². The van der Waals surface area contributed by atoms with Crippen molar-refractivity contribution in [2.75, 3.05) is 26.7 Å². The second-order valence-corrected chi connectivity index (χ2v) is 4.47. The number of aliphatic hydroxyl groups is 1. The zero-order valence-corrected chi connectivity index (χ0v) is 10.2. The SMILES string of the molecule is CNC(=O)CCCN1CCCCC1CCO. The van der Waals surface area contributed by atoms with Crippen molar-refractivity contribution in [1.29, 1.82) is 0 Å². The van der Waals surface area contributed by atoms with Gasteiger partial charge in [-0.2, -0.15) is 0 Å². The summed E-state index contributed by atoms with van der Waals surface area (Å²) in [6.45, 7) is 2.38. The van der Waals surface area contributed by atoms with E-state index in [1.807, 2.05) is 0 Å². The number of nitrogens with one attached hydrogen (secondary N) is 1. The van der Waals surface area contributed by atoms with E-state index in [1.165, 1.54) is 19.3 Å². The Hall–Kier alpha value is -0.610. The Bertz CT molecular complexity index is 207. The first-order valence-corrected chi connectivity index (χ1v) is 6.33. The van der Waals surface area contributed by atoms with Gasteiger partial charge in [0.05, 0.1) is 0 Å². The fourth-order valence-corrected chi connectivity index (χ4v) is 2.40. The number of rotatable bonds is 6. The van der Waals surface area contributed by atoms with E-state index in [2.05, 4.69) is 10.2 Å². The number of hydrogen-bond donors (Lipinski definition) is 2. The maximum atomic E-state index is 11.1. The van der Waals surface area contributed by atoms with Crippen LogP contribution in [0.1, 0.15) is 38.5 Å². The molecule has 94 valence electrons. The lowest BCUT2D eigenvalue weighted by molar-refractivity contribution is -0.120. The summed E-state index contributed by atoms with van der Waals surface area (Å²) in [6.07, 6.45) is 6.12. The van der Waals surface area contributed by atoms with E-state index in [-0.39, 0.29) is 12.5 Å². The summed E-state index contributed by atoms with van der Waals surface area (Å²) < 4.78 is 0. The molecule has 0 bridgehead atoms. The molecule has 0 aromatic heterocycles. The van der Waals surface area contributed by atoms with E-state index in [0.29, 0.717) is 12.5 Å². The van der Waals surface area contributed by atoms with Crippen molar-refractivity contribution in [3.05, 3.63) is 0 Å². The molecule has 1 rings (SSSR count). The van der Waals surface area contributed by atoms with E-state index in [9.17, 15) is 4.79 Å². The number of carbonyl (C=O) groups excluding carboxylic acids is 1. The number of likely N-dealkylation sites (tertiary alicyclic amines) is 1. The largest absolute Gasteiger partial charge is 0.396 e. The van der Waals surface area contributed by atoms with Crippen molar-refractivity contribution in [2.24, 2.45) is 0 Å². The quantitative estimate of drug-likeness (QED) is 0.705. The van der Waals surface area contributed by atoms with Gasteiger partial charge < -0.3 is 15.3 Å². The first-order valence-electron chi connectivity index (χ1n) is 6.33. The number of nitrogens with zero attached hydrogens (tertiary/aromatic N) is 1. The fraction of sp³-hybridized carbons (Fsp3) is 0.917. The van der Waals surface area contributed by atoms with Crippen LogP contribution in [0.25, 0.3) is 0 Å². The molecular formula is C12H24N2O2. The molecule has 1 aliphatic heterocycles. The molecule has 1 unspecified atom stereocenters. The first-order chi connectivity index (χ1) is 7.77. The van der Waals surface area contributed by atoms with Gasteiger partial charge in [-0.15, -0.1) is 0 Å². The van der Waals surface area contributed by atoms with E-state index in [1.54, 1.807) is 7.05 Å². The van der Waals surface area contributed by atoms with Crippen LogP contribution < -0.4 is 5.32 Å². The molecule has 4 heteroatoms. The smallest absolute Gasteiger partial charge is 0.219 e. The minimum atomic E-state index is 0.121. The van der Waals surface area contributed by atoms with Crippen LogP contribution in [0.4, 0.5) is 0 Å². The molecule has 4 nitrogen and oxygen atoms in total. The number of piperidine rings is 1. The molecule has 0 spiro atoms. The third-order valence-corrected chi connectivity index (χ3v) is 3.34. The Balaban J connectivity index is 2.24. The number of hydrogen-bond acceptors (Lipinski definition) is 3. The van der Waals surface area contributed by atoms with Crippen LogP contribution in [-0.2, 0) is 4.79 Å². The molecule has 2 N–H and O–H groups in total. The van der Waals surface area contributed by atoms with E-state index < -0.39 is 0 Å². The lowest BCUT2D eigenvalue weighted by Crippen LogP contribution is -2.40. The number of amides is 1. The summed E-state index contributed by atoms with van der Waals surface area (Å²) in [6, 6.07) is 0.531. The van der Waals surface area contributed by atoms with E-state index in [0.717, 1.165) is 25.9 Å². The Morgan fingerprint density at radius 2 is 2.31 bits per heavy atom. The second-order valence-electron chi connectivity index (χ2n) is 4.47. The van der Waals surface area contributed by atoms with Crippen molar-refractivity contribution < 1.29 is 9.90 Å². The Labute approximate surface area is 98.0 Å². The Kier molecular flexibility index (Phi) is 6.42. The minimum absolute atomic E-state index is 0.121. The topological polar surface area (TPSA) is 52.6 Å². The van der Waals surface area contributed by atoms with Crippen molar-refractivity contribution in [1.82, 2.24) is 10.2 Å². The third kappa shape index (κ3) is 4.49. The van der Waals surface area contributed by atoms with Gasteiger partial charge in [0.2, 0.25) is 5.91 Å². The van der Waals surface area contributed by atoms with Gasteiger partial charge in [0, 0.05) is 26.1 Å². The third-order valence-electron chi connectivity index (χ3n) is 3.34. The maximum absolute atomic E-state index is 11.1. The molecule has 0 aromatic rings. The van der Waals surface area contributed by atoms with Crippen LogP contribution in [0.5, 0.6) is 0 Å². The van der Waals surface area contributed by atoms with Crippen LogP contribution in [0.3, 0.4) is 0 Å². The molecule has 1 heterocycles. The van der Waals surface area contributed by atoms with Gasteiger partial charge in [0.15, 0.2) is 0 Å². The van der Waals surface area contributed by atoms with Crippen LogP contribution in [0.2, 0.25) is 0 Å². The molecule has 1 saturated heterocycles. The monoisotopic (exact) mass is 228 g/mol. The van der Waals surface area contributed by atoms with Crippen molar-refractivity contribution >= 4 is 5.91 Å². The summed E-state index contributed by atoms with van der Waals surface area (Å²) in [5.41, 5.74) is 0. The first kappa shape index (κ1) is 13.5. The average Bonchev–Trinajstić information content (AvgIpc) is 2.31. The van der Waals surface area contributed by atoms with Gasteiger partial charge in [-0.1, -0.05) is 6.42 Å². The average molecular weight is 228 g/mol. The summed E-state index contributed by atoms with van der Waals surface area (Å²) in [5.74, 6) is 0.121. The molecule has 1 fully saturated rings. The highest BCUT2D eigenvalue weighted by Gasteiger charge is 2.21. The van der Waals surface area contributed by atoms with Gasteiger partial charge >= 0.3 is 0 Å². The molecule has 16 heavy (non-hydrogen) atoms. The summed E-state index contributed by atoms with van der Waals surface area (Å²) >= 11 is 0. The molecule has 0 radical (unpaired) electrons. The van der Waals surface area contributed by atoms with Crippen molar-refractivity contribution in [2.45, 2.75) is 44.6 Å². The van der Waals surface area contributed by atoms with Gasteiger partial charge in [-0.05, 0) is 38.8 Å². The lowest BCUT2D eigenvalue weighted by Gasteiger charge is -2.35. The van der Waals surface area contributed by atoms with Gasteiger partial charge in [-0.3, -0.25) is 4.79 Å². The summed E-state index contributed by atoms with van der Waals surface area (Å²) in [4.78, 5) is 13.5. The summed E-state index contributed by atoms with van der Waals surface area (Å²) in [7, 11) is 1.68. The number of aliphatic hydroxyl groups excluding tert-OH is 1. The van der Waals surface area contributed by atoms with Crippen LogP contribution in [0.15, 0.2) is 0 Å². The highest BCUT2D eigenvalue weighted by molar-refractivity contribution is 5.75. The zero-order valence-electron chi connectivity index (χ0n) is 10.2.